The summed E-state index contributed by atoms with van der Waals surface area (Å²) in [6.45, 7) is 4.17. The maximum Gasteiger partial charge on any atom is 0.228 e. The maximum absolute atomic E-state index is 13.5. The lowest BCUT2D eigenvalue weighted by Gasteiger charge is -2.37. The third-order valence-electron chi connectivity index (χ3n) is 6.43. The number of Topliss-reactive ketones (excluding diaryl/α,β-unsaturated/α-hetero) is 1. The van der Waals surface area contributed by atoms with E-state index in [-0.39, 0.29) is 11.2 Å². The molecule has 8 nitrogen and oxygen atoms in total. The fourth-order valence-corrected chi connectivity index (χ4v) is 4.98. The quantitative estimate of drug-likeness (QED) is 0.455. The van der Waals surface area contributed by atoms with Crippen molar-refractivity contribution in [3.8, 4) is 23.0 Å². The number of ketones is 1. The van der Waals surface area contributed by atoms with E-state index in [0.717, 1.165) is 11.1 Å². The van der Waals surface area contributed by atoms with Crippen LogP contribution in [-0.2, 0) is 4.79 Å². The Morgan fingerprint density at radius 1 is 1.15 bits per heavy atom. The topological polar surface area (TPSA) is 91.5 Å². The molecule has 0 radical (unpaired) electrons. The van der Waals surface area contributed by atoms with Gasteiger partial charge in [-0.1, -0.05) is 32.0 Å². The van der Waals surface area contributed by atoms with E-state index in [4.69, 9.17) is 14.5 Å². The molecule has 0 spiro atoms. The van der Waals surface area contributed by atoms with Crippen LogP contribution in [0.4, 0.5) is 0 Å². The fraction of sp³-hybridized carbons (Fsp3) is 0.269. The van der Waals surface area contributed by atoms with Gasteiger partial charge in [-0.25, -0.2) is 14.5 Å². The van der Waals surface area contributed by atoms with Gasteiger partial charge in [0.1, 0.15) is 17.8 Å². The third kappa shape index (κ3) is 3.17. The Kier molecular flexibility index (Phi) is 4.52. The van der Waals surface area contributed by atoms with Crippen LogP contribution in [0.1, 0.15) is 43.7 Å². The second-order valence-electron chi connectivity index (χ2n) is 9.46. The molecule has 0 amide bonds. The molecule has 6 rings (SSSR count). The molecule has 34 heavy (non-hydrogen) atoms. The smallest absolute Gasteiger partial charge is 0.228 e. The lowest BCUT2D eigenvalue weighted by atomic mass is 9.70. The van der Waals surface area contributed by atoms with Crippen molar-refractivity contribution in [2.24, 2.45) is 5.41 Å². The zero-order chi connectivity index (χ0) is 23.4. The van der Waals surface area contributed by atoms with Crippen LogP contribution in [-0.4, -0.2) is 37.5 Å². The Bertz CT molecular complexity index is 1470. The van der Waals surface area contributed by atoms with Crippen LogP contribution in [0.3, 0.4) is 0 Å². The van der Waals surface area contributed by atoms with E-state index >= 15 is 0 Å². The number of benzene rings is 1. The molecule has 0 N–H and O–H groups in total. The molecular formula is C26H23N5O3. The maximum atomic E-state index is 13.5. The number of para-hydroxylation sites is 1. The number of hydrogen-bond acceptors (Lipinski definition) is 7. The van der Waals surface area contributed by atoms with Crippen molar-refractivity contribution in [1.82, 2.24) is 24.6 Å². The summed E-state index contributed by atoms with van der Waals surface area (Å²) in [5, 5.41) is 4.62. The average Bonchev–Trinajstić information content (AvgIpc) is 3.27. The van der Waals surface area contributed by atoms with Crippen molar-refractivity contribution in [2.75, 3.05) is 7.11 Å². The first-order valence-corrected chi connectivity index (χ1v) is 11.2. The van der Waals surface area contributed by atoms with Crippen LogP contribution in [0.25, 0.3) is 17.0 Å². The van der Waals surface area contributed by atoms with Crippen molar-refractivity contribution in [3.63, 3.8) is 0 Å². The third-order valence-corrected chi connectivity index (χ3v) is 6.43. The summed E-state index contributed by atoms with van der Waals surface area (Å²) in [6.07, 6.45) is 6.12. The monoisotopic (exact) mass is 453 g/mol. The molecule has 3 aromatic heterocycles. The lowest BCUT2D eigenvalue weighted by Crippen LogP contribution is -2.33. The van der Waals surface area contributed by atoms with Gasteiger partial charge >= 0.3 is 0 Å². The number of nitrogens with zero attached hydrogens (tertiary/aromatic N) is 5. The number of pyridine rings is 1. The Morgan fingerprint density at radius 2 is 2.00 bits per heavy atom. The van der Waals surface area contributed by atoms with E-state index in [2.05, 4.69) is 28.9 Å². The highest BCUT2D eigenvalue weighted by atomic mass is 16.5. The molecular weight excluding hydrogens is 430 g/mol. The minimum absolute atomic E-state index is 0.0711. The van der Waals surface area contributed by atoms with Crippen LogP contribution >= 0.6 is 0 Å². The molecule has 4 heterocycles. The van der Waals surface area contributed by atoms with Crippen molar-refractivity contribution < 1.29 is 14.3 Å². The van der Waals surface area contributed by atoms with Gasteiger partial charge in [-0.2, -0.15) is 0 Å². The summed E-state index contributed by atoms with van der Waals surface area (Å²) in [6, 6.07) is 11.5. The van der Waals surface area contributed by atoms with Gasteiger partial charge in [-0.05, 0) is 23.6 Å². The zero-order valence-corrected chi connectivity index (χ0v) is 19.1. The second-order valence-corrected chi connectivity index (χ2v) is 9.46. The fourth-order valence-electron chi connectivity index (χ4n) is 4.98. The Hall–Kier alpha value is -4.07. The SMILES string of the molecule is COc1ccccc1C1C2=C(CC(C)(C)CC2=O)Oc2ncn3nc(-c4cccnc4)nc3c21. The van der Waals surface area contributed by atoms with E-state index in [1.807, 2.05) is 36.4 Å². The summed E-state index contributed by atoms with van der Waals surface area (Å²) in [4.78, 5) is 27.2. The molecule has 1 aliphatic heterocycles. The van der Waals surface area contributed by atoms with E-state index in [9.17, 15) is 4.79 Å². The number of rotatable bonds is 3. The van der Waals surface area contributed by atoms with Crippen LogP contribution in [0.2, 0.25) is 0 Å². The summed E-state index contributed by atoms with van der Waals surface area (Å²) < 4.78 is 13.6. The van der Waals surface area contributed by atoms with Gasteiger partial charge in [0, 0.05) is 41.9 Å². The van der Waals surface area contributed by atoms with Gasteiger partial charge in [0.15, 0.2) is 17.3 Å². The number of aromatic nitrogens is 5. The number of hydrogen-bond donors (Lipinski definition) is 0. The average molecular weight is 454 g/mol. The first-order chi connectivity index (χ1) is 16.4. The predicted molar refractivity (Wildman–Crippen MR) is 125 cm³/mol. The molecule has 0 saturated carbocycles. The molecule has 0 fully saturated rings. The first kappa shape index (κ1) is 20.5. The predicted octanol–water partition coefficient (Wildman–Crippen LogP) is 4.36. The highest BCUT2D eigenvalue weighted by Gasteiger charge is 2.44. The lowest BCUT2D eigenvalue weighted by molar-refractivity contribution is -0.118. The molecule has 170 valence electrons. The van der Waals surface area contributed by atoms with E-state index < -0.39 is 5.92 Å². The number of carbonyl (C=O) groups is 1. The largest absolute Gasteiger partial charge is 0.496 e. The number of fused-ring (bicyclic) bond motifs is 3. The summed E-state index contributed by atoms with van der Waals surface area (Å²) >= 11 is 0. The van der Waals surface area contributed by atoms with E-state index in [1.54, 1.807) is 30.3 Å². The molecule has 0 bridgehead atoms. The van der Waals surface area contributed by atoms with Crippen LogP contribution in [0.15, 0.2) is 66.5 Å². The number of ether oxygens (including phenoxy) is 2. The van der Waals surface area contributed by atoms with Gasteiger partial charge in [-0.15, -0.1) is 5.10 Å². The van der Waals surface area contributed by atoms with Gasteiger partial charge in [0.25, 0.3) is 0 Å². The molecule has 1 aliphatic carbocycles. The highest BCUT2D eigenvalue weighted by molar-refractivity contribution is 6.00. The second kappa shape index (κ2) is 7.48. The van der Waals surface area contributed by atoms with Crippen molar-refractivity contribution in [1.29, 1.82) is 0 Å². The van der Waals surface area contributed by atoms with Gasteiger partial charge in [-0.3, -0.25) is 9.78 Å². The van der Waals surface area contributed by atoms with Crippen LogP contribution in [0.5, 0.6) is 11.6 Å². The normalized spacial score (nSPS) is 18.9. The number of allylic oxidation sites excluding steroid dienone is 2. The Morgan fingerprint density at radius 3 is 2.79 bits per heavy atom. The minimum Gasteiger partial charge on any atom is -0.496 e. The van der Waals surface area contributed by atoms with E-state index in [0.29, 0.717) is 52.8 Å². The number of methoxy groups -OCH3 is 1. The van der Waals surface area contributed by atoms with Crippen molar-refractivity contribution in [2.45, 2.75) is 32.6 Å². The van der Waals surface area contributed by atoms with Crippen LogP contribution < -0.4 is 9.47 Å². The van der Waals surface area contributed by atoms with E-state index in [1.165, 1.54) is 0 Å². The van der Waals surface area contributed by atoms with Crippen LogP contribution in [0, 0.1) is 5.41 Å². The summed E-state index contributed by atoms with van der Waals surface area (Å²) in [5.41, 5.74) is 3.42. The van der Waals surface area contributed by atoms with Gasteiger partial charge < -0.3 is 9.47 Å². The molecule has 0 saturated heterocycles. The highest BCUT2D eigenvalue weighted by Crippen LogP contribution is 2.51. The van der Waals surface area contributed by atoms with Crippen molar-refractivity contribution in [3.05, 3.63) is 77.6 Å². The molecule has 4 aromatic rings. The zero-order valence-electron chi connectivity index (χ0n) is 19.1. The van der Waals surface area contributed by atoms with Gasteiger partial charge in [0.05, 0.1) is 18.6 Å². The molecule has 1 aromatic carbocycles. The first-order valence-electron chi connectivity index (χ1n) is 11.2. The number of carbonyl (C=O) groups excluding carboxylic acids is 1. The Labute approximate surface area is 196 Å². The van der Waals surface area contributed by atoms with Crippen molar-refractivity contribution >= 4 is 11.4 Å². The Balaban J connectivity index is 1.63. The molecule has 2 aliphatic rings. The standard InChI is InChI=1S/C26H23N5O3/c1-26(2)11-17(32)21-19(12-26)34-25-22(20(21)16-8-4-5-9-18(16)33-3)24-29-23(30-31(24)14-28-25)15-7-6-10-27-13-15/h4-10,13-14,20H,11-12H2,1-3H3. The van der Waals surface area contributed by atoms with Gasteiger partial charge in [0.2, 0.25) is 5.88 Å². The summed E-state index contributed by atoms with van der Waals surface area (Å²) in [5.74, 6) is 1.98. The molecule has 8 heteroatoms. The summed E-state index contributed by atoms with van der Waals surface area (Å²) in [7, 11) is 1.64. The minimum atomic E-state index is -0.430. The molecule has 1 unspecified atom stereocenters. The molecule has 1 atom stereocenters.